The SMILES string of the molecule is Cc1ccccc1-n1ncc(C(=O)N2CCCN(CC(=O)N(C)C)CC2)c1C(F)(F)F. The minimum absolute atomic E-state index is 0.0568. The van der Waals surface area contributed by atoms with Crippen molar-refractivity contribution in [1.29, 1.82) is 0 Å². The van der Waals surface area contributed by atoms with Crippen molar-refractivity contribution in [3.63, 3.8) is 0 Å². The second kappa shape index (κ2) is 9.09. The molecule has 2 aromatic rings. The Balaban J connectivity index is 1.85. The summed E-state index contributed by atoms with van der Waals surface area (Å²) in [6, 6.07) is 6.59. The van der Waals surface area contributed by atoms with Crippen LogP contribution in [0.5, 0.6) is 0 Å². The van der Waals surface area contributed by atoms with Crippen molar-refractivity contribution in [2.45, 2.75) is 19.5 Å². The maximum atomic E-state index is 14.0. The number of carbonyl (C=O) groups excluding carboxylic acids is 2. The molecule has 0 N–H and O–H groups in total. The molecule has 31 heavy (non-hydrogen) atoms. The minimum atomic E-state index is -4.75. The number of aromatic nitrogens is 2. The Hall–Kier alpha value is -2.88. The molecule has 1 saturated heterocycles. The van der Waals surface area contributed by atoms with E-state index in [4.69, 9.17) is 0 Å². The Morgan fingerprint density at radius 1 is 1.10 bits per heavy atom. The number of aryl methyl sites for hydroxylation is 1. The summed E-state index contributed by atoms with van der Waals surface area (Å²) in [5.74, 6) is -0.758. The summed E-state index contributed by atoms with van der Waals surface area (Å²) in [6.07, 6.45) is -3.19. The van der Waals surface area contributed by atoms with E-state index in [0.717, 1.165) is 10.9 Å². The van der Waals surface area contributed by atoms with Crippen LogP contribution in [-0.4, -0.2) is 83.1 Å². The van der Waals surface area contributed by atoms with Crippen LogP contribution in [0.2, 0.25) is 0 Å². The van der Waals surface area contributed by atoms with Gasteiger partial charge in [0, 0.05) is 40.3 Å². The first-order valence-corrected chi connectivity index (χ1v) is 10.0. The van der Waals surface area contributed by atoms with Gasteiger partial charge in [0.05, 0.1) is 24.0 Å². The van der Waals surface area contributed by atoms with Crippen LogP contribution in [-0.2, 0) is 11.0 Å². The highest BCUT2D eigenvalue weighted by atomic mass is 19.4. The number of halogens is 3. The molecule has 0 saturated carbocycles. The molecule has 168 valence electrons. The molecule has 1 fully saturated rings. The Kier molecular flexibility index (Phi) is 6.68. The predicted octanol–water partition coefficient (Wildman–Crippen LogP) is 2.44. The molecule has 0 radical (unpaired) electrons. The first kappa shape index (κ1) is 22.8. The summed E-state index contributed by atoms with van der Waals surface area (Å²) < 4.78 is 42.7. The molecule has 1 aromatic heterocycles. The van der Waals surface area contributed by atoms with Crippen molar-refractivity contribution in [2.24, 2.45) is 0 Å². The monoisotopic (exact) mass is 437 g/mol. The number of nitrogens with zero attached hydrogens (tertiary/aromatic N) is 5. The zero-order chi connectivity index (χ0) is 22.8. The maximum Gasteiger partial charge on any atom is 0.434 e. The maximum absolute atomic E-state index is 14.0. The smallest absolute Gasteiger partial charge is 0.348 e. The number of likely N-dealkylation sites (N-methyl/N-ethyl adjacent to an activating group) is 1. The second-order valence-corrected chi connectivity index (χ2v) is 7.81. The summed E-state index contributed by atoms with van der Waals surface area (Å²) in [4.78, 5) is 29.8. The number of hydrogen-bond donors (Lipinski definition) is 0. The Labute approximate surface area is 179 Å². The van der Waals surface area contributed by atoms with Gasteiger partial charge in [-0.1, -0.05) is 18.2 Å². The molecule has 0 bridgehead atoms. The third-order valence-corrected chi connectivity index (χ3v) is 5.35. The van der Waals surface area contributed by atoms with Gasteiger partial charge >= 0.3 is 6.18 Å². The molecule has 1 aliphatic rings. The molecule has 1 aliphatic heterocycles. The number of amides is 2. The quantitative estimate of drug-likeness (QED) is 0.737. The van der Waals surface area contributed by atoms with E-state index in [2.05, 4.69) is 5.10 Å². The number of alkyl halides is 3. The van der Waals surface area contributed by atoms with Crippen LogP contribution in [0.15, 0.2) is 30.5 Å². The van der Waals surface area contributed by atoms with E-state index in [0.29, 0.717) is 31.6 Å². The largest absolute Gasteiger partial charge is 0.434 e. The third-order valence-electron chi connectivity index (χ3n) is 5.35. The summed E-state index contributed by atoms with van der Waals surface area (Å²) >= 11 is 0. The Morgan fingerprint density at radius 2 is 1.81 bits per heavy atom. The van der Waals surface area contributed by atoms with Crippen molar-refractivity contribution in [1.82, 2.24) is 24.5 Å². The van der Waals surface area contributed by atoms with Crippen LogP contribution >= 0.6 is 0 Å². The first-order valence-electron chi connectivity index (χ1n) is 10.0. The molecule has 3 rings (SSSR count). The average Bonchev–Trinajstić information content (AvgIpc) is 3.02. The zero-order valence-corrected chi connectivity index (χ0v) is 17.8. The summed E-state index contributed by atoms with van der Waals surface area (Å²) in [7, 11) is 3.33. The first-order chi connectivity index (χ1) is 14.6. The van der Waals surface area contributed by atoms with Crippen LogP contribution in [0.25, 0.3) is 5.69 Å². The molecule has 0 aliphatic carbocycles. The fourth-order valence-corrected chi connectivity index (χ4v) is 3.60. The summed E-state index contributed by atoms with van der Waals surface area (Å²) in [5, 5.41) is 3.92. The van der Waals surface area contributed by atoms with E-state index in [1.54, 1.807) is 39.2 Å². The molecule has 10 heteroatoms. The summed E-state index contributed by atoms with van der Waals surface area (Å²) in [5.41, 5.74) is -0.645. The van der Waals surface area contributed by atoms with Crippen LogP contribution < -0.4 is 0 Å². The molecule has 0 atom stereocenters. The van der Waals surface area contributed by atoms with Crippen molar-refractivity contribution in [2.75, 3.05) is 46.8 Å². The summed E-state index contributed by atoms with van der Waals surface area (Å²) in [6.45, 7) is 3.48. The lowest BCUT2D eigenvalue weighted by atomic mass is 10.1. The van der Waals surface area contributed by atoms with Gasteiger partial charge in [-0.3, -0.25) is 14.5 Å². The van der Waals surface area contributed by atoms with E-state index >= 15 is 0 Å². The minimum Gasteiger partial charge on any atom is -0.348 e. The van der Waals surface area contributed by atoms with Gasteiger partial charge in [-0.25, -0.2) is 4.68 Å². The van der Waals surface area contributed by atoms with Crippen LogP contribution in [0.1, 0.15) is 28.0 Å². The fraction of sp³-hybridized carbons (Fsp3) is 0.476. The zero-order valence-electron chi connectivity index (χ0n) is 17.8. The van der Waals surface area contributed by atoms with Gasteiger partial charge in [0.2, 0.25) is 5.91 Å². The van der Waals surface area contributed by atoms with Gasteiger partial charge < -0.3 is 9.80 Å². The van der Waals surface area contributed by atoms with E-state index in [9.17, 15) is 22.8 Å². The van der Waals surface area contributed by atoms with Crippen LogP contribution in [0.3, 0.4) is 0 Å². The lowest BCUT2D eigenvalue weighted by molar-refractivity contribution is -0.143. The van der Waals surface area contributed by atoms with E-state index in [-0.39, 0.29) is 24.7 Å². The number of benzene rings is 1. The molecule has 7 nitrogen and oxygen atoms in total. The van der Waals surface area contributed by atoms with Gasteiger partial charge in [-0.2, -0.15) is 18.3 Å². The Bertz CT molecular complexity index is 955. The van der Waals surface area contributed by atoms with Gasteiger partial charge in [-0.15, -0.1) is 0 Å². The third kappa shape index (κ3) is 5.07. The van der Waals surface area contributed by atoms with Crippen LogP contribution in [0, 0.1) is 6.92 Å². The van der Waals surface area contributed by atoms with Crippen molar-refractivity contribution < 1.29 is 22.8 Å². The number of hydrogen-bond acceptors (Lipinski definition) is 4. The predicted molar refractivity (Wildman–Crippen MR) is 109 cm³/mol. The molecule has 0 unspecified atom stereocenters. The molecular formula is C21H26F3N5O2. The van der Waals surface area contributed by atoms with E-state index in [1.165, 1.54) is 15.9 Å². The van der Waals surface area contributed by atoms with Crippen molar-refractivity contribution in [3.8, 4) is 5.69 Å². The van der Waals surface area contributed by atoms with Gasteiger partial charge in [0.1, 0.15) is 0 Å². The second-order valence-electron chi connectivity index (χ2n) is 7.81. The lowest BCUT2D eigenvalue weighted by Crippen LogP contribution is -2.39. The van der Waals surface area contributed by atoms with Crippen molar-refractivity contribution in [3.05, 3.63) is 47.3 Å². The highest BCUT2D eigenvalue weighted by molar-refractivity contribution is 5.95. The lowest BCUT2D eigenvalue weighted by Gasteiger charge is -2.23. The van der Waals surface area contributed by atoms with E-state index < -0.39 is 23.3 Å². The van der Waals surface area contributed by atoms with Gasteiger partial charge in [0.15, 0.2) is 5.69 Å². The van der Waals surface area contributed by atoms with E-state index in [1.807, 2.05) is 4.90 Å². The number of rotatable bonds is 4. The number of para-hydroxylation sites is 1. The highest BCUT2D eigenvalue weighted by Gasteiger charge is 2.41. The molecule has 1 aromatic carbocycles. The Morgan fingerprint density at radius 3 is 2.45 bits per heavy atom. The van der Waals surface area contributed by atoms with Crippen molar-refractivity contribution >= 4 is 11.8 Å². The van der Waals surface area contributed by atoms with Gasteiger partial charge in [0.25, 0.3) is 5.91 Å². The molecule has 0 spiro atoms. The molecule has 2 amide bonds. The van der Waals surface area contributed by atoms with Gasteiger partial charge in [-0.05, 0) is 25.0 Å². The molecule has 2 heterocycles. The molecular weight excluding hydrogens is 411 g/mol. The average molecular weight is 437 g/mol. The standard InChI is InChI=1S/C21H26F3N5O2/c1-15-7-4-5-8-17(15)29-19(21(22,23)24)16(13-25-29)20(31)28-10-6-9-27(11-12-28)14-18(30)26(2)3/h4-5,7-8,13H,6,9-12,14H2,1-3H3. The van der Waals surface area contributed by atoms with Crippen LogP contribution in [0.4, 0.5) is 13.2 Å². The normalized spacial score (nSPS) is 15.6. The topological polar surface area (TPSA) is 61.7 Å². The highest BCUT2D eigenvalue weighted by Crippen LogP contribution is 2.34. The number of carbonyl (C=O) groups is 2. The fourth-order valence-electron chi connectivity index (χ4n) is 3.60.